The van der Waals surface area contributed by atoms with Gasteiger partial charge in [0.1, 0.15) is 18.4 Å². The van der Waals surface area contributed by atoms with E-state index in [4.69, 9.17) is 21.6 Å². The summed E-state index contributed by atoms with van der Waals surface area (Å²) < 4.78 is 5.49. The lowest BCUT2D eigenvalue weighted by Crippen LogP contribution is -1.97. The van der Waals surface area contributed by atoms with Gasteiger partial charge in [-0.05, 0) is 29.8 Å². The molecule has 0 atom stereocenters. The number of hydrogen-bond acceptors (Lipinski definition) is 4. The van der Waals surface area contributed by atoms with Crippen LogP contribution in [0.1, 0.15) is 11.3 Å². The molecule has 0 radical (unpaired) electrons. The molecule has 0 fully saturated rings. The summed E-state index contributed by atoms with van der Waals surface area (Å²) in [7, 11) is 0. The van der Waals surface area contributed by atoms with Crippen molar-refractivity contribution in [1.29, 1.82) is 5.26 Å². The van der Waals surface area contributed by atoms with Gasteiger partial charge in [-0.3, -0.25) is 0 Å². The van der Waals surface area contributed by atoms with Gasteiger partial charge in [-0.2, -0.15) is 5.26 Å². The molecule has 0 saturated carbocycles. The summed E-state index contributed by atoms with van der Waals surface area (Å²) in [5.41, 5.74) is 1.22. The summed E-state index contributed by atoms with van der Waals surface area (Å²) in [5.74, 6) is 0.518. The Labute approximate surface area is 103 Å². The van der Waals surface area contributed by atoms with Crippen LogP contribution in [-0.2, 0) is 6.61 Å². The molecule has 2 rings (SSSR count). The lowest BCUT2D eigenvalue weighted by molar-refractivity contribution is 0.305. The van der Waals surface area contributed by atoms with E-state index < -0.39 is 0 Å². The summed E-state index contributed by atoms with van der Waals surface area (Å²) in [6, 6.07) is 8.91. The molecular formula is C12H8ClN3O. The fourth-order valence-electron chi connectivity index (χ4n) is 1.27. The highest BCUT2D eigenvalue weighted by Crippen LogP contribution is 2.21. The molecule has 17 heavy (non-hydrogen) atoms. The monoisotopic (exact) mass is 245 g/mol. The topological polar surface area (TPSA) is 58.8 Å². The molecular weight excluding hydrogens is 238 g/mol. The first-order valence-electron chi connectivity index (χ1n) is 4.88. The Kier molecular flexibility index (Phi) is 3.53. The van der Waals surface area contributed by atoms with E-state index in [1.54, 1.807) is 36.7 Å². The number of nitriles is 1. The van der Waals surface area contributed by atoms with Crippen molar-refractivity contribution in [2.24, 2.45) is 0 Å². The predicted octanol–water partition coefficient (Wildman–Crippen LogP) is 2.58. The van der Waals surface area contributed by atoms with Crippen LogP contribution in [-0.4, -0.2) is 9.97 Å². The lowest BCUT2D eigenvalue weighted by Gasteiger charge is -2.06. The molecule has 0 unspecified atom stereocenters. The molecule has 2 aromatic heterocycles. The van der Waals surface area contributed by atoms with E-state index in [9.17, 15) is 0 Å². The van der Waals surface area contributed by atoms with Gasteiger partial charge in [0.15, 0.2) is 10.9 Å². The number of hydrogen-bond donors (Lipinski definition) is 0. The molecule has 0 aliphatic rings. The van der Waals surface area contributed by atoms with Gasteiger partial charge in [-0.1, -0.05) is 11.6 Å². The van der Waals surface area contributed by atoms with Crippen molar-refractivity contribution in [2.45, 2.75) is 6.61 Å². The van der Waals surface area contributed by atoms with Crippen LogP contribution < -0.4 is 4.74 Å². The second-order valence-electron chi connectivity index (χ2n) is 3.24. The van der Waals surface area contributed by atoms with Gasteiger partial charge in [-0.15, -0.1) is 0 Å². The first kappa shape index (κ1) is 11.4. The van der Waals surface area contributed by atoms with E-state index in [2.05, 4.69) is 9.97 Å². The highest BCUT2D eigenvalue weighted by atomic mass is 35.5. The Morgan fingerprint density at radius 2 is 2.18 bits per heavy atom. The van der Waals surface area contributed by atoms with Crippen molar-refractivity contribution < 1.29 is 4.74 Å². The Morgan fingerprint density at radius 1 is 1.29 bits per heavy atom. The molecule has 0 amide bonds. The minimum absolute atomic E-state index is 0.321. The normalized spacial score (nSPS) is 9.65. The number of rotatable bonds is 3. The Morgan fingerprint density at radius 3 is 2.94 bits per heavy atom. The molecule has 2 aromatic rings. The van der Waals surface area contributed by atoms with Crippen LogP contribution in [0.3, 0.4) is 0 Å². The lowest BCUT2D eigenvalue weighted by atomic mass is 10.2. The molecule has 0 aromatic carbocycles. The van der Waals surface area contributed by atoms with Crippen LogP contribution in [0.4, 0.5) is 0 Å². The average molecular weight is 246 g/mol. The summed E-state index contributed by atoms with van der Waals surface area (Å²) in [4.78, 5) is 7.78. The molecule has 0 aliphatic carbocycles. The second kappa shape index (κ2) is 5.28. The fraction of sp³-hybridized carbons (Fsp3) is 0.0833. The van der Waals surface area contributed by atoms with Crippen molar-refractivity contribution in [3.8, 4) is 11.8 Å². The highest BCUT2D eigenvalue weighted by Gasteiger charge is 2.02. The van der Waals surface area contributed by atoms with Crippen molar-refractivity contribution in [3.63, 3.8) is 0 Å². The van der Waals surface area contributed by atoms with Gasteiger partial charge in [0, 0.05) is 12.4 Å². The van der Waals surface area contributed by atoms with Crippen molar-refractivity contribution in [3.05, 3.63) is 53.1 Å². The third-order valence-corrected chi connectivity index (χ3v) is 2.34. The SMILES string of the molecule is N#Cc1cc(COc2cccnc2Cl)ccn1. The van der Waals surface area contributed by atoms with E-state index in [1.165, 1.54) is 0 Å². The molecule has 0 bridgehead atoms. The zero-order chi connectivity index (χ0) is 12.1. The van der Waals surface area contributed by atoms with E-state index >= 15 is 0 Å². The smallest absolute Gasteiger partial charge is 0.171 e. The zero-order valence-corrected chi connectivity index (χ0v) is 9.55. The molecule has 84 valence electrons. The summed E-state index contributed by atoms with van der Waals surface area (Å²) in [5, 5.41) is 9.03. The summed E-state index contributed by atoms with van der Waals surface area (Å²) in [6.45, 7) is 0.322. The average Bonchev–Trinajstić information content (AvgIpc) is 2.38. The Balaban J connectivity index is 2.08. The zero-order valence-electron chi connectivity index (χ0n) is 8.80. The molecule has 4 nitrogen and oxygen atoms in total. The molecule has 0 spiro atoms. The van der Waals surface area contributed by atoms with Gasteiger partial charge in [0.05, 0.1) is 0 Å². The van der Waals surface area contributed by atoms with Crippen molar-refractivity contribution >= 4 is 11.6 Å². The van der Waals surface area contributed by atoms with Gasteiger partial charge in [0.25, 0.3) is 0 Å². The molecule has 2 heterocycles. The fourth-order valence-corrected chi connectivity index (χ4v) is 1.44. The van der Waals surface area contributed by atoms with Crippen LogP contribution >= 0.6 is 11.6 Å². The minimum atomic E-state index is 0.321. The largest absolute Gasteiger partial charge is 0.486 e. The summed E-state index contributed by atoms with van der Waals surface area (Å²) >= 11 is 5.85. The van der Waals surface area contributed by atoms with Gasteiger partial charge < -0.3 is 4.74 Å². The second-order valence-corrected chi connectivity index (χ2v) is 3.60. The van der Waals surface area contributed by atoms with Crippen LogP contribution in [0.25, 0.3) is 0 Å². The first-order chi connectivity index (χ1) is 8.29. The Hall–Kier alpha value is -2.12. The third-order valence-electron chi connectivity index (χ3n) is 2.06. The molecule has 5 heteroatoms. The maximum absolute atomic E-state index is 8.71. The number of pyridine rings is 2. The molecule has 0 saturated heterocycles. The van der Waals surface area contributed by atoms with Crippen LogP contribution in [0.15, 0.2) is 36.7 Å². The summed E-state index contributed by atoms with van der Waals surface area (Å²) in [6.07, 6.45) is 3.16. The minimum Gasteiger partial charge on any atom is -0.486 e. The maximum Gasteiger partial charge on any atom is 0.171 e. The molecule has 0 N–H and O–H groups in total. The third kappa shape index (κ3) is 2.92. The number of aromatic nitrogens is 2. The number of ether oxygens (including phenoxy) is 1. The Bertz CT molecular complexity index is 566. The van der Waals surface area contributed by atoms with E-state index in [1.807, 2.05) is 6.07 Å². The van der Waals surface area contributed by atoms with E-state index in [0.29, 0.717) is 23.2 Å². The van der Waals surface area contributed by atoms with Crippen molar-refractivity contribution in [2.75, 3.05) is 0 Å². The van der Waals surface area contributed by atoms with E-state index in [-0.39, 0.29) is 0 Å². The van der Waals surface area contributed by atoms with Gasteiger partial charge in [-0.25, -0.2) is 9.97 Å². The van der Waals surface area contributed by atoms with E-state index in [0.717, 1.165) is 5.56 Å². The quantitative estimate of drug-likeness (QED) is 0.780. The standard InChI is InChI=1S/C12H8ClN3O/c13-12-11(2-1-4-16-12)17-8-9-3-5-15-10(6-9)7-14/h1-6H,8H2. The maximum atomic E-state index is 8.71. The molecule has 0 aliphatic heterocycles. The highest BCUT2D eigenvalue weighted by molar-refractivity contribution is 6.30. The number of nitrogens with zero attached hydrogens (tertiary/aromatic N) is 3. The number of halogens is 1. The predicted molar refractivity (Wildman–Crippen MR) is 62.5 cm³/mol. The van der Waals surface area contributed by atoms with Crippen LogP contribution in [0.5, 0.6) is 5.75 Å². The van der Waals surface area contributed by atoms with Crippen LogP contribution in [0.2, 0.25) is 5.15 Å². The van der Waals surface area contributed by atoms with Gasteiger partial charge >= 0.3 is 0 Å². The van der Waals surface area contributed by atoms with Crippen molar-refractivity contribution in [1.82, 2.24) is 9.97 Å². The first-order valence-corrected chi connectivity index (χ1v) is 5.26. The van der Waals surface area contributed by atoms with Crippen LogP contribution in [0, 0.1) is 11.3 Å². The van der Waals surface area contributed by atoms with Gasteiger partial charge in [0.2, 0.25) is 0 Å².